The Balaban J connectivity index is 2.31. The van der Waals surface area contributed by atoms with Gasteiger partial charge in [-0.2, -0.15) is 0 Å². The maximum atomic E-state index is 5.24. The Morgan fingerprint density at radius 2 is 1.84 bits per heavy atom. The van der Waals surface area contributed by atoms with Gasteiger partial charge in [0.15, 0.2) is 0 Å². The molecule has 1 aromatic carbocycles. The van der Waals surface area contributed by atoms with Crippen LogP contribution in [0.3, 0.4) is 0 Å². The first-order chi connectivity index (χ1) is 9.27. The van der Waals surface area contributed by atoms with E-state index in [2.05, 4.69) is 43.4 Å². The fraction of sp³-hybridized carbons (Fsp3) is 0.647. The molecule has 2 heteroatoms. The zero-order valence-corrected chi connectivity index (χ0v) is 12.7. The van der Waals surface area contributed by atoms with Gasteiger partial charge in [-0.1, -0.05) is 56.9 Å². The number of ether oxygens (including phenoxy) is 1. The Kier molecular flexibility index (Phi) is 8.52. The second-order valence-electron chi connectivity index (χ2n) is 5.33. The molecule has 19 heavy (non-hydrogen) atoms. The molecule has 2 nitrogen and oxygen atoms in total. The molecule has 1 atom stereocenters. The molecule has 0 saturated heterocycles. The molecule has 0 saturated carbocycles. The van der Waals surface area contributed by atoms with E-state index < -0.39 is 0 Å². The van der Waals surface area contributed by atoms with E-state index >= 15 is 0 Å². The number of unbranched alkanes of at least 4 members (excludes halogenated alkanes) is 3. The zero-order chi connectivity index (χ0) is 13.9. The first-order valence-corrected chi connectivity index (χ1v) is 7.57. The van der Waals surface area contributed by atoms with Crippen LogP contribution in [0.2, 0.25) is 0 Å². The van der Waals surface area contributed by atoms with Crippen molar-refractivity contribution in [2.75, 3.05) is 7.11 Å². The lowest BCUT2D eigenvalue weighted by Gasteiger charge is -2.15. The third kappa shape index (κ3) is 6.74. The van der Waals surface area contributed by atoms with Crippen molar-refractivity contribution in [1.82, 2.24) is 5.32 Å². The Hall–Kier alpha value is -0.860. The van der Waals surface area contributed by atoms with Gasteiger partial charge in [0.25, 0.3) is 0 Å². The summed E-state index contributed by atoms with van der Waals surface area (Å²) in [4.78, 5) is 0. The zero-order valence-electron chi connectivity index (χ0n) is 12.7. The summed E-state index contributed by atoms with van der Waals surface area (Å²) in [5.74, 6) is 0. The minimum absolute atomic E-state index is 0.590. The van der Waals surface area contributed by atoms with Crippen molar-refractivity contribution in [3.63, 3.8) is 0 Å². The molecule has 0 amide bonds. The van der Waals surface area contributed by atoms with Crippen LogP contribution < -0.4 is 5.32 Å². The second kappa shape index (κ2) is 9.99. The molecule has 0 radical (unpaired) electrons. The minimum atomic E-state index is 0.590. The normalized spacial score (nSPS) is 12.6. The molecule has 0 aliphatic carbocycles. The fourth-order valence-corrected chi connectivity index (χ4v) is 2.29. The number of benzene rings is 1. The molecule has 0 heterocycles. The van der Waals surface area contributed by atoms with E-state index in [0.717, 1.165) is 6.54 Å². The fourth-order valence-electron chi connectivity index (χ4n) is 2.29. The van der Waals surface area contributed by atoms with Crippen LogP contribution in [-0.4, -0.2) is 13.2 Å². The molecule has 0 aliphatic heterocycles. The molecule has 0 spiro atoms. The van der Waals surface area contributed by atoms with Crippen LogP contribution in [0.15, 0.2) is 24.3 Å². The van der Waals surface area contributed by atoms with E-state index in [1.165, 1.54) is 43.2 Å². The van der Waals surface area contributed by atoms with Crippen molar-refractivity contribution in [2.24, 2.45) is 0 Å². The van der Waals surface area contributed by atoms with Crippen molar-refractivity contribution in [2.45, 2.75) is 65.1 Å². The molecule has 0 fully saturated rings. The average Bonchev–Trinajstić information content (AvgIpc) is 2.43. The van der Waals surface area contributed by atoms with E-state index in [0.29, 0.717) is 12.6 Å². The summed E-state index contributed by atoms with van der Waals surface area (Å²) < 4.78 is 5.24. The topological polar surface area (TPSA) is 21.3 Å². The summed E-state index contributed by atoms with van der Waals surface area (Å²) in [7, 11) is 1.75. The molecular formula is C17H29NO. The van der Waals surface area contributed by atoms with E-state index in [9.17, 15) is 0 Å². The molecule has 1 aromatic rings. The van der Waals surface area contributed by atoms with Gasteiger partial charge in [0.05, 0.1) is 6.61 Å². The highest BCUT2D eigenvalue weighted by molar-refractivity contribution is 5.26. The summed E-state index contributed by atoms with van der Waals surface area (Å²) in [5, 5.41) is 3.62. The molecule has 108 valence electrons. The van der Waals surface area contributed by atoms with Gasteiger partial charge in [-0.25, -0.2) is 0 Å². The Bertz CT molecular complexity index is 338. The summed E-state index contributed by atoms with van der Waals surface area (Å²) >= 11 is 0. The van der Waals surface area contributed by atoms with Gasteiger partial charge in [-0.15, -0.1) is 0 Å². The summed E-state index contributed by atoms with van der Waals surface area (Å²) in [5.41, 5.74) is 2.64. The summed E-state index contributed by atoms with van der Waals surface area (Å²) in [6, 6.07) is 9.10. The van der Waals surface area contributed by atoms with Gasteiger partial charge in [-0.05, 0) is 24.5 Å². The molecule has 1 N–H and O–H groups in total. The number of rotatable bonds is 10. The summed E-state index contributed by atoms with van der Waals surface area (Å²) in [6.45, 7) is 6.18. The SMILES string of the molecule is CCCCCCC(C)NCc1ccccc1COC. The van der Waals surface area contributed by atoms with Crippen LogP contribution in [0.4, 0.5) is 0 Å². The molecule has 0 bridgehead atoms. The highest BCUT2D eigenvalue weighted by Crippen LogP contribution is 2.11. The van der Waals surface area contributed by atoms with Gasteiger partial charge in [0.2, 0.25) is 0 Å². The predicted octanol–water partition coefficient (Wildman–Crippen LogP) is 4.28. The van der Waals surface area contributed by atoms with Crippen molar-refractivity contribution in [3.8, 4) is 0 Å². The van der Waals surface area contributed by atoms with Crippen LogP contribution in [0, 0.1) is 0 Å². The highest BCUT2D eigenvalue weighted by Gasteiger charge is 2.04. The predicted molar refractivity (Wildman–Crippen MR) is 82.2 cm³/mol. The van der Waals surface area contributed by atoms with Crippen molar-refractivity contribution >= 4 is 0 Å². The number of methoxy groups -OCH3 is 1. The third-order valence-electron chi connectivity index (χ3n) is 3.55. The Morgan fingerprint density at radius 1 is 1.11 bits per heavy atom. The van der Waals surface area contributed by atoms with Gasteiger partial charge in [0.1, 0.15) is 0 Å². The molecule has 1 unspecified atom stereocenters. The van der Waals surface area contributed by atoms with E-state index in [1.807, 2.05) is 0 Å². The molecule has 0 aliphatic rings. The van der Waals surface area contributed by atoms with E-state index in [4.69, 9.17) is 4.74 Å². The van der Waals surface area contributed by atoms with Crippen molar-refractivity contribution < 1.29 is 4.74 Å². The monoisotopic (exact) mass is 263 g/mol. The Labute approximate surface area is 118 Å². The lowest BCUT2D eigenvalue weighted by molar-refractivity contribution is 0.184. The number of nitrogens with one attached hydrogen (secondary N) is 1. The van der Waals surface area contributed by atoms with Crippen LogP contribution in [0.5, 0.6) is 0 Å². The maximum Gasteiger partial charge on any atom is 0.0716 e. The van der Waals surface area contributed by atoms with Gasteiger partial charge >= 0.3 is 0 Å². The molecular weight excluding hydrogens is 234 g/mol. The van der Waals surface area contributed by atoms with Crippen molar-refractivity contribution in [3.05, 3.63) is 35.4 Å². The standard InChI is InChI=1S/C17H29NO/c1-4-5-6-7-10-15(2)18-13-16-11-8-9-12-17(16)14-19-3/h8-9,11-12,15,18H,4-7,10,13-14H2,1-3H3. The quantitative estimate of drug-likeness (QED) is 0.636. The smallest absolute Gasteiger partial charge is 0.0716 e. The van der Waals surface area contributed by atoms with Gasteiger partial charge < -0.3 is 10.1 Å². The second-order valence-corrected chi connectivity index (χ2v) is 5.33. The molecule has 1 rings (SSSR count). The third-order valence-corrected chi connectivity index (χ3v) is 3.55. The lowest BCUT2D eigenvalue weighted by atomic mass is 10.1. The summed E-state index contributed by atoms with van der Waals surface area (Å²) in [6.07, 6.45) is 6.65. The average molecular weight is 263 g/mol. The van der Waals surface area contributed by atoms with Gasteiger partial charge in [0, 0.05) is 19.7 Å². The highest BCUT2D eigenvalue weighted by atomic mass is 16.5. The first-order valence-electron chi connectivity index (χ1n) is 7.57. The van der Waals surface area contributed by atoms with Crippen LogP contribution >= 0.6 is 0 Å². The van der Waals surface area contributed by atoms with Crippen LogP contribution in [0.1, 0.15) is 57.1 Å². The number of hydrogen-bond donors (Lipinski definition) is 1. The Morgan fingerprint density at radius 3 is 2.53 bits per heavy atom. The largest absolute Gasteiger partial charge is 0.380 e. The number of hydrogen-bond acceptors (Lipinski definition) is 2. The van der Waals surface area contributed by atoms with E-state index in [-0.39, 0.29) is 0 Å². The lowest BCUT2D eigenvalue weighted by Crippen LogP contribution is -2.25. The maximum absolute atomic E-state index is 5.24. The van der Waals surface area contributed by atoms with Crippen LogP contribution in [0.25, 0.3) is 0 Å². The molecule has 0 aromatic heterocycles. The minimum Gasteiger partial charge on any atom is -0.380 e. The van der Waals surface area contributed by atoms with E-state index in [1.54, 1.807) is 7.11 Å². The van der Waals surface area contributed by atoms with Gasteiger partial charge in [-0.3, -0.25) is 0 Å². The van der Waals surface area contributed by atoms with Crippen molar-refractivity contribution in [1.29, 1.82) is 0 Å². The van der Waals surface area contributed by atoms with Crippen LogP contribution in [-0.2, 0) is 17.9 Å². The first kappa shape index (κ1) is 16.2.